The Morgan fingerprint density at radius 3 is 2.39 bits per heavy atom. The van der Waals surface area contributed by atoms with Crippen molar-refractivity contribution in [2.45, 2.75) is 25.8 Å². The van der Waals surface area contributed by atoms with Gasteiger partial charge in [-0.15, -0.1) is 0 Å². The molecule has 1 aliphatic heterocycles. The molecular formula is C15H24N2O. The first-order valence-electron chi connectivity index (χ1n) is 6.80. The Bertz CT molecular complexity index is 353. The first kappa shape index (κ1) is 13.4. The zero-order valence-corrected chi connectivity index (χ0v) is 11.4. The second-order valence-electron chi connectivity index (χ2n) is 5.27. The van der Waals surface area contributed by atoms with E-state index in [-0.39, 0.29) is 6.04 Å². The molecular weight excluding hydrogens is 224 g/mol. The van der Waals surface area contributed by atoms with Crippen LogP contribution in [0.15, 0.2) is 24.3 Å². The molecule has 1 fully saturated rings. The Morgan fingerprint density at radius 2 is 1.89 bits per heavy atom. The van der Waals surface area contributed by atoms with Crippen LogP contribution in [0.5, 0.6) is 0 Å². The van der Waals surface area contributed by atoms with Crippen molar-refractivity contribution in [3.63, 3.8) is 0 Å². The molecule has 2 rings (SSSR count). The number of hydrogen-bond donors (Lipinski definition) is 1. The van der Waals surface area contributed by atoms with E-state index >= 15 is 0 Å². The molecule has 0 radical (unpaired) electrons. The summed E-state index contributed by atoms with van der Waals surface area (Å²) in [7, 11) is 1.79. The minimum Gasteiger partial charge on any atom is -0.384 e. The zero-order chi connectivity index (χ0) is 13.0. The van der Waals surface area contributed by atoms with Crippen LogP contribution in [0.2, 0.25) is 0 Å². The summed E-state index contributed by atoms with van der Waals surface area (Å²) in [5.74, 6) is 0.731. The van der Waals surface area contributed by atoms with Crippen molar-refractivity contribution < 1.29 is 4.74 Å². The first-order chi connectivity index (χ1) is 8.70. The molecule has 1 aromatic rings. The standard InChI is InChI=1S/C15H24N2O/c1-12(16)14-3-5-15(6-4-14)17-9-7-13(8-10-17)11-18-2/h3-6,12-13H,7-11,16H2,1-2H3. The summed E-state index contributed by atoms with van der Waals surface area (Å²) in [6, 6.07) is 8.78. The maximum atomic E-state index is 5.87. The molecule has 0 amide bonds. The van der Waals surface area contributed by atoms with Crippen LogP contribution < -0.4 is 10.6 Å². The number of benzene rings is 1. The minimum absolute atomic E-state index is 0.117. The fraction of sp³-hybridized carbons (Fsp3) is 0.600. The fourth-order valence-corrected chi connectivity index (χ4v) is 2.58. The Labute approximate surface area is 110 Å². The molecule has 0 bridgehead atoms. The molecule has 1 unspecified atom stereocenters. The summed E-state index contributed by atoms with van der Waals surface area (Å²) >= 11 is 0. The van der Waals surface area contributed by atoms with Gasteiger partial charge in [-0.25, -0.2) is 0 Å². The quantitative estimate of drug-likeness (QED) is 0.890. The average Bonchev–Trinajstić information content (AvgIpc) is 2.40. The number of methoxy groups -OCH3 is 1. The molecule has 0 spiro atoms. The smallest absolute Gasteiger partial charge is 0.0491 e. The number of hydrogen-bond acceptors (Lipinski definition) is 3. The van der Waals surface area contributed by atoms with Gasteiger partial charge in [-0.05, 0) is 43.4 Å². The van der Waals surface area contributed by atoms with Crippen LogP contribution in [-0.2, 0) is 4.74 Å². The second kappa shape index (κ2) is 6.21. The number of anilines is 1. The van der Waals surface area contributed by atoms with Gasteiger partial charge >= 0.3 is 0 Å². The number of nitrogens with two attached hydrogens (primary N) is 1. The molecule has 1 aromatic carbocycles. The number of nitrogens with zero attached hydrogens (tertiary/aromatic N) is 1. The zero-order valence-electron chi connectivity index (χ0n) is 11.4. The summed E-state index contributed by atoms with van der Waals surface area (Å²) in [6.45, 7) is 5.18. The average molecular weight is 248 g/mol. The molecule has 0 aromatic heterocycles. The maximum absolute atomic E-state index is 5.87. The third-order valence-corrected chi connectivity index (χ3v) is 3.80. The van der Waals surface area contributed by atoms with E-state index in [0.29, 0.717) is 0 Å². The maximum Gasteiger partial charge on any atom is 0.0491 e. The van der Waals surface area contributed by atoms with E-state index in [9.17, 15) is 0 Å². The monoisotopic (exact) mass is 248 g/mol. The van der Waals surface area contributed by atoms with Crippen molar-refractivity contribution in [2.24, 2.45) is 11.7 Å². The highest BCUT2D eigenvalue weighted by Gasteiger charge is 2.19. The lowest BCUT2D eigenvalue weighted by Crippen LogP contribution is -2.34. The molecule has 1 aliphatic rings. The highest BCUT2D eigenvalue weighted by atomic mass is 16.5. The van der Waals surface area contributed by atoms with Gasteiger partial charge in [0.15, 0.2) is 0 Å². The van der Waals surface area contributed by atoms with E-state index in [0.717, 1.165) is 25.6 Å². The number of piperidine rings is 1. The lowest BCUT2D eigenvalue weighted by atomic mass is 9.97. The fourth-order valence-electron chi connectivity index (χ4n) is 2.58. The van der Waals surface area contributed by atoms with E-state index in [2.05, 4.69) is 29.2 Å². The van der Waals surface area contributed by atoms with Crippen LogP contribution in [0.1, 0.15) is 31.4 Å². The molecule has 2 N–H and O–H groups in total. The van der Waals surface area contributed by atoms with Gasteiger partial charge in [0.05, 0.1) is 0 Å². The predicted molar refractivity (Wildman–Crippen MR) is 75.9 cm³/mol. The van der Waals surface area contributed by atoms with Gasteiger partial charge in [0, 0.05) is 38.5 Å². The highest BCUT2D eigenvalue weighted by Crippen LogP contribution is 2.24. The van der Waals surface area contributed by atoms with Gasteiger partial charge in [0.25, 0.3) is 0 Å². The van der Waals surface area contributed by atoms with Crippen LogP contribution in [-0.4, -0.2) is 26.8 Å². The Kier molecular flexibility index (Phi) is 4.61. The van der Waals surface area contributed by atoms with Crippen LogP contribution in [0.3, 0.4) is 0 Å². The summed E-state index contributed by atoms with van der Waals surface area (Å²) in [5, 5.41) is 0. The predicted octanol–water partition coefficient (Wildman–Crippen LogP) is 2.57. The van der Waals surface area contributed by atoms with Crippen LogP contribution in [0.25, 0.3) is 0 Å². The molecule has 3 nitrogen and oxygen atoms in total. The van der Waals surface area contributed by atoms with Gasteiger partial charge in [-0.2, -0.15) is 0 Å². The largest absolute Gasteiger partial charge is 0.384 e. The molecule has 18 heavy (non-hydrogen) atoms. The summed E-state index contributed by atoms with van der Waals surface area (Å²) in [5.41, 5.74) is 8.38. The normalized spacial score (nSPS) is 18.9. The minimum atomic E-state index is 0.117. The Morgan fingerprint density at radius 1 is 1.28 bits per heavy atom. The van der Waals surface area contributed by atoms with Crippen molar-refractivity contribution in [2.75, 3.05) is 31.7 Å². The molecule has 0 saturated carbocycles. The summed E-state index contributed by atoms with van der Waals surface area (Å²) in [4.78, 5) is 2.46. The lowest BCUT2D eigenvalue weighted by molar-refractivity contribution is 0.139. The third-order valence-electron chi connectivity index (χ3n) is 3.80. The van der Waals surface area contributed by atoms with Gasteiger partial charge in [-0.3, -0.25) is 0 Å². The molecule has 3 heteroatoms. The van der Waals surface area contributed by atoms with Crippen molar-refractivity contribution in [1.82, 2.24) is 0 Å². The summed E-state index contributed by atoms with van der Waals surface area (Å²) < 4.78 is 5.23. The van der Waals surface area contributed by atoms with Crippen LogP contribution in [0.4, 0.5) is 5.69 Å². The van der Waals surface area contributed by atoms with E-state index < -0.39 is 0 Å². The van der Waals surface area contributed by atoms with E-state index in [1.807, 2.05) is 6.92 Å². The van der Waals surface area contributed by atoms with Gasteiger partial charge in [0.1, 0.15) is 0 Å². The number of ether oxygens (including phenoxy) is 1. The number of rotatable bonds is 4. The lowest BCUT2D eigenvalue weighted by Gasteiger charge is -2.33. The van der Waals surface area contributed by atoms with E-state index in [1.165, 1.54) is 24.1 Å². The third kappa shape index (κ3) is 3.24. The molecule has 1 saturated heterocycles. The molecule has 1 heterocycles. The van der Waals surface area contributed by atoms with Crippen LogP contribution in [0, 0.1) is 5.92 Å². The molecule has 100 valence electrons. The first-order valence-corrected chi connectivity index (χ1v) is 6.80. The van der Waals surface area contributed by atoms with E-state index in [4.69, 9.17) is 10.5 Å². The molecule has 1 atom stereocenters. The van der Waals surface area contributed by atoms with Crippen LogP contribution >= 0.6 is 0 Å². The van der Waals surface area contributed by atoms with Crippen molar-refractivity contribution in [1.29, 1.82) is 0 Å². The second-order valence-corrected chi connectivity index (χ2v) is 5.27. The van der Waals surface area contributed by atoms with E-state index in [1.54, 1.807) is 7.11 Å². The van der Waals surface area contributed by atoms with Gasteiger partial charge < -0.3 is 15.4 Å². The van der Waals surface area contributed by atoms with Crippen molar-refractivity contribution in [3.8, 4) is 0 Å². The Hall–Kier alpha value is -1.06. The summed E-state index contributed by atoms with van der Waals surface area (Å²) in [6.07, 6.45) is 2.45. The highest BCUT2D eigenvalue weighted by molar-refractivity contribution is 5.48. The van der Waals surface area contributed by atoms with Gasteiger partial charge in [0.2, 0.25) is 0 Å². The van der Waals surface area contributed by atoms with Crippen molar-refractivity contribution in [3.05, 3.63) is 29.8 Å². The topological polar surface area (TPSA) is 38.5 Å². The molecule has 0 aliphatic carbocycles. The Balaban J connectivity index is 1.93. The van der Waals surface area contributed by atoms with Gasteiger partial charge in [-0.1, -0.05) is 12.1 Å². The van der Waals surface area contributed by atoms with Crippen molar-refractivity contribution >= 4 is 5.69 Å². The SMILES string of the molecule is COCC1CCN(c2ccc(C(C)N)cc2)CC1.